The molecule has 32 heavy (non-hydrogen) atoms. The van der Waals surface area contributed by atoms with Crippen molar-refractivity contribution < 1.29 is 23.1 Å². The highest BCUT2D eigenvalue weighted by Crippen LogP contribution is 2.46. The lowest BCUT2D eigenvalue weighted by molar-refractivity contribution is -0.122. The van der Waals surface area contributed by atoms with Gasteiger partial charge in [0.25, 0.3) is 5.91 Å². The molecular weight excluding hydrogens is 508 g/mol. The molecule has 1 aliphatic rings. The Labute approximate surface area is 198 Å². The zero-order valence-electron chi connectivity index (χ0n) is 18.0. The zero-order valence-corrected chi connectivity index (χ0v) is 20.4. The molecule has 2 aromatic carbocycles. The molecule has 0 atom stereocenters. The number of alkyl halides is 3. The number of likely N-dealkylation sites (N-methyl/N-ethyl adjacent to an activating group) is 1. The zero-order chi connectivity index (χ0) is 23.8. The summed E-state index contributed by atoms with van der Waals surface area (Å²) >= 11 is 8.29. The molecule has 2 amide bonds. The molecule has 0 aliphatic carbocycles. The Morgan fingerprint density at radius 3 is 2.44 bits per heavy atom. The Balaban J connectivity index is 1.86. The Morgan fingerprint density at radius 1 is 1.25 bits per heavy atom. The summed E-state index contributed by atoms with van der Waals surface area (Å²) in [5, 5.41) is 2.72. The maximum absolute atomic E-state index is 13.1. The van der Waals surface area contributed by atoms with Crippen LogP contribution < -0.4 is 15.0 Å². The van der Waals surface area contributed by atoms with Crippen LogP contribution in [0, 0.1) is 0 Å². The molecule has 0 saturated carbocycles. The van der Waals surface area contributed by atoms with E-state index >= 15 is 0 Å². The van der Waals surface area contributed by atoms with Gasteiger partial charge < -0.3 is 19.9 Å². The molecule has 1 N–H and O–H groups in total. The van der Waals surface area contributed by atoms with E-state index in [1.54, 1.807) is 17.0 Å². The van der Waals surface area contributed by atoms with Gasteiger partial charge in [0.15, 0.2) is 0 Å². The number of ether oxygens (including phenoxy) is 1. The van der Waals surface area contributed by atoms with Crippen LogP contribution in [0.25, 0.3) is 0 Å². The molecule has 172 valence electrons. The number of rotatable bonds is 7. The van der Waals surface area contributed by atoms with Crippen molar-refractivity contribution in [2.75, 3.05) is 37.4 Å². The van der Waals surface area contributed by atoms with Gasteiger partial charge in [0.05, 0.1) is 5.41 Å². The number of halogens is 4. The lowest BCUT2D eigenvalue weighted by Gasteiger charge is -2.22. The second-order valence-corrected chi connectivity index (χ2v) is 9.56. The van der Waals surface area contributed by atoms with E-state index in [0.717, 1.165) is 5.56 Å². The van der Waals surface area contributed by atoms with Crippen LogP contribution in [0.1, 0.15) is 29.8 Å². The van der Waals surface area contributed by atoms with Crippen LogP contribution in [0.4, 0.5) is 20.2 Å². The molecular formula is C22H23BrClF2N3O3. The standard InChI is InChI=1S/C22H23BrClF2N3O3/c1-21(2)18-16(23)11-13(12-17(18)29(20(21)31)10-9-28(3)4)19(30)27-14-5-7-15(8-6-14)32-22(24,25)26/h5-8,11-12H,9-10H2,1-4H3,(H,27,30). The van der Waals surface area contributed by atoms with E-state index in [0.29, 0.717) is 34.5 Å². The minimum Gasteiger partial charge on any atom is -0.420 e. The third-order valence-electron chi connectivity index (χ3n) is 5.14. The quantitative estimate of drug-likeness (QED) is 0.509. The lowest BCUT2D eigenvalue weighted by Crippen LogP contribution is -2.39. The molecule has 10 heteroatoms. The summed E-state index contributed by atoms with van der Waals surface area (Å²) in [7, 11) is 3.86. The van der Waals surface area contributed by atoms with Crippen LogP contribution in [-0.2, 0) is 10.2 Å². The van der Waals surface area contributed by atoms with Gasteiger partial charge in [-0.3, -0.25) is 9.59 Å². The molecule has 0 saturated heterocycles. The van der Waals surface area contributed by atoms with Crippen molar-refractivity contribution in [3.8, 4) is 5.75 Å². The lowest BCUT2D eigenvalue weighted by atomic mass is 9.86. The average Bonchev–Trinajstić information content (AvgIpc) is 2.86. The number of anilines is 2. The highest BCUT2D eigenvalue weighted by atomic mass is 79.9. The molecule has 0 radical (unpaired) electrons. The maximum Gasteiger partial charge on any atom is 0.487 e. The van der Waals surface area contributed by atoms with Crippen molar-refractivity contribution in [2.24, 2.45) is 0 Å². The molecule has 0 aromatic heterocycles. The third kappa shape index (κ3) is 5.22. The van der Waals surface area contributed by atoms with Gasteiger partial charge in [-0.15, -0.1) is 8.78 Å². The van der Waals surface area contributed by atoms with Crippen molar-refractivity contribution in [3.05, 3.63) is 52.0 Å². The van der Waals surface area contributed by atoms with Gasteiger partial charge in [-0.25, -0.2) is 0 Å². The molecule has 0 unspecified atom stereocenters. The summed E-state index contributed by atoms with van der Waals surface area (Å²) < 4.78 is 30.4. The predicted molar refractivity (Wildman–Crippen MR) is 124 cm³/mol. The molecule has 3 rings (SSSR count). The van der Waals surface area contributed by atoms with Gasteiger partial charge in [-0.1, -0.05) is 15.9 Å². The van der Waals surface area contributed by atoms with Gasteiger partial charge in [-0.05, 0) is 64.3 Å². The molecule has 6 nitrogen and oxygen atoms in total. The fourth-order valence-electron chi connectivity index (χ4n) is 3.57. The second kappa shape index (κ2) is 8.96. The van der Waals surface area contributed by atoms with Crippen LogP contribution in [0.5, 0.6) is 5.75 Å². The van der Waals surface area contributed by atoms with Gasteiger partial charge >= 0.3 is 5.57 Å². The summed E-state index contributed by atoms with van der Waals surface area (Å²) in [6.07, 6.45) is 0. The summed E-state index contributed by atoms with van der Waals surface area (Å²) in [5.74, 6) is -0.575. The average molecular weight is 531 g/mol. The molecule has 1 heterocycles. The Kier molecular flexibility index (Phi) is 6.83. The predicted octanol–water partition coefficient (Wildman–Crippen LogP) is 5.06. The Hall–Kier alpha value is -2.23. The van der Waals surface area contributed by atoms with E-state index in [4.69, 9.17) is 11.6 Å². The smallest absolute Gasteiger partial charge is 0.420 e. The Bertz CT molecular complexity index is 1040. The summed E-state index contributed by atoms with van der Waals surface area (Å²) in [4.78, 5) is 29.6. The number of carbonyl (C=O) groups excluding carboxylic acids is 2. The SMILES string of the molecule is CN(C)CCN1C(=O)C(C)(C)c2c(Br)cc(C(=O)Nc3ccc(OC(F)(F)Cl)cc3)cc21. The summed E-state index contributed by atoms with van der Waals surface area (Å²) in [5.41, 5.74) is -2.28. The van der Waals surface area contributed by atoms with E-state index < -0.39 is 16.9 Å². The second-order valence-electron chi connectivity index (χ2n) is 8.26. The van der Waals surface area contributed by atoms with Crippen molar-refractivity contribution in [3.63, 3.8) is 0 Å². The van der Waals surface area contributed by atoms with Crippen LogP contribution in [0.2, 0.25) is 0 Å². The van der Waals surface area contributed by atoms with Crippen LogP contribution >= 0.6 is 27.5 Å². The van der Waals surface area contributed by atoms with Crippen LogP contribution in [0.15, 0.2) is 40.9 Å². The Morgan fingerprint density at radius 2 is 1.88 bits per heavy atom. The number of hydrogen-bond donors (Lipinski definition) is 1. The number of hydrogen-bond acceptors (Lipinski definition) is 4. The van der Waals surface area contributed by atoms with Gasteiger partial charge in [-0.2, -0.15) is 0 Å². The minimum absolute atomic E-state index is 0.0284. The number of nitrogens with one attached hydrogen (secondary N) is 1. The third-order valence-corrected chi connectivity index (χ3v) is 5.85. The largest absolute Gasteiger partial charge is 0.487 e. The number of fused-ring (bicyclic) bond motifs is 1. The highest BCUT2D eigenvalue weighted by Gasteiger charge is 2.45. The van der Waals surface area contributed by atoms with E-state index in [1.807, 2.05) is 32.8 Å². The first-order chi connectivity index (χ1) is 14.8. The van der Waals surface area contributed by atoms with Crippen molar-refractivity contribution in [2.45, 2.75) is 24.8 Å². The summed E-state index contributed by atoms with van der Waals surface area (Å²) in [6.45, 7) is 4.89. The number of amides is 2. The molecule has 0 spiro atoms. The minimum atomic E-state index is -3.81. The molecule has 1 aliphatic heterocycles. The molecule has 2 aromatic rings. The van der Waals surface area contributed by atoms with Crippen LogP contribution in [-0.4, -0.2) is 49.5 Å². The molecule has 0 fully saturated rings. The van der Waals surface area contributed by atoms with Gasteiger partial charge in [0.2, 0.25) is 5.91 Å². The monoisotopic (exact) mass is 529 g/mol. The molecule has 0 bridgehead atoms. The number of carbonyl (C=O) groups is 2. The van der Waals surface area contributed by atoms with E-state index in [-0.39, 0.29) is 11.7 Å². The first-order valence-corrected chi connectivity index (χ1v) is 10.9. The van der Waals surface area contributed by atoms with Crippen molar-refractivity contribution in [1.29, 1.82) is 0 Å². The first-order valence-electron chi connectivity index (χ1n) is 9.77. The van der Waals surface area contributed by atoms with E-state index in [9.17, 15) is 18.4 Å². The van der Waals surface area contributed by atoms with Crippen molar-refractivity contribution in [1.82, 2.24) is 4.90 Å². The maximum atomic E-state index is 13.1. The van der Waals surface area contributed by atoms with Gasteiger partial charge in [0.1, 0.15) is 5.75 Å². The normalized spacial score (nSPS) is 15.2. The number of benzene rings is 2. The van der Waals surface area contributed by atoms with Gasteiger partial charge in [0, 0.05) is 51.7 Å². The fraction of sp³-hybridized carbons (Fsp3) is 0.364. The van der Waals surface area contributed by atoms with Crippen molar-refractivity contribution >= 4 is 50.7 Å². The fourth-order valence-corrected chi connectivity index (χ4v) is 4.61. The summed E-state index contributed by atoms with van der Waals surface area (Å²) in [6, 6.07) is 8.76. The van der Waals surface area contributed by atoms with Crippen LogP contribution in [0.3, 0.4) is 0 Å². The topological polar surface area (TPSA) is 61.9 Å². The van der Waals surface area contributed by atoms with E-state index in [2.05, 4.69) is 26.0 Å². The first kappa shape index (κ1) is 24.4. The number of nitrogens with zero attached hydrogens (tertiary/aromatic N) is 2. The highest BCUT2D eigenvalue weighted by molar-refractivity contribution is 9.10. The van der Waals surface area contributed by atoms with E-state index in [1.165, 1.54) is 24.3 Å².